The molecule has 0 rings (SSSR count). The summed E-state index contributed by atoms with van der Waals surface area (Å²) in [6, 6.07) is -5.58. The number of rotatable bonds is 24. The summed E-state index contributed by atoms with van der Waals surface area (Å²) in [5, 5.41) is 30.2. The second kappa shape index (κ2) is 23.6. The van der Waals surface area contributed by atoms with Crippen molar-refractivity contribution in [3.63, 3.8) is 0 Å². The smallest absolute Gasteiger partial charge is 0.328 e. The third-order valence-electron chi connectivity index (χ3n) is 7.12. The van der Waals surface area contributed by atoms with Gasteiger partial charge in [-0.2, -0.15) is 0 Å². The maximum Gasteiger partial charge on any atom is 0.328 e. The Labute approximate surface area is 287 Å². The molecule has 49 heavy (non-hydrogen) atoms. The molecule has 0 heterocycles. The number of primary amides is 1. The Kier molecular flexibility index (Phi) is 21.4. The minimum absolute atomic E-state index is 0.0168. The van der Waals surface area contributed by atoms with Crippen LogP contribution in [-0.2, 0) is 33.5 Å². The van der Waals surface area contributed by atoms with Crippen LogP contribution in [0.2, 0.25) is 0 Å². The van der Waals surface area contributed by atoms with Gasteiger partial charge in [0.05, 0.1) is 13.2 Å². The fourth-order valence-electron chi connectivity index (χ4n) is 4.66. The minimum Gasteiger partial charge on any atom is -0.467 e. The second-order valence-electron chi connectivity index (χ2n) is 12.6. The lowest BCUT2D eigenvalue weighted by Gasteiger charge is -2.27. The molecule has 0 fully saturated rings. The summed E-state index contributed by atoms with van der Waals surface area (Å²) < 4.78 is 4.83. The van der Waals surface area contributed by atoms with Crippen LogP contribution >= 0.6 is 0 Å². The van der Waals surface area contributed by atoms with E-state index in [2.05, 4.69) is 31.9 Å². The first-order valence-corrected chi connectivity index (χ1v) is 16.4. The molecule has 19 heteroatoms. The highest BCUT2D eigenvalue weighted by atomic mass is 16.5. The summed E-state index contributed by atoms with van der Waals surface area (Å²) in [5.74, 6) is -4.75. The predicted octanol–water partition coefficient (Wildman–Crippen LogP) is -2.69. The maximum absolute atomic E-state index is 13.6. The van der Waals surface area contributed by atoms with Crippen molar-refractivity contribution in [1.82, 2.24) is 31.9 Å². The number of ether oxygens (including phenoxy) is 1. The summed E-state index contributed by atoms with van der Waals surface area (Å²) >= 11 is 0. The van der Waals surface area contributed by atoms with Gasteiger partial charge in [-0.1, -0.05) is 27.7 Å². The molecule has 0 spiro atoms. The van der Waals surface area contributed by atoms with E-state index < -0.39 is 65.7 Å². The summed E-state index contributed by atoms with van der Waals surface area (Å²) in [6.45, 7) is 7.92. The van der Waals surface area contributed by atoms with E-state index in [9.17, 15) is 28.8 Å². The molecule has 0 aromatic rings. The number of carbonyl (C=O) groups is 6. The van der Waals surface area contributed by atoms with Gasteiger partial charge in [0.1, 0.15) is 24.2 Å². The van der Waals surface area contributed by atoms with Crippen molar-refractivity contribution in [1.29, 1.82) is 10.8 Å². The highest BCUT2D eigenvalue weighted by Gasteiger charge is 2.32. The van der Waals surface area contributed by atoms with Gasteiger partial charge in [-0.25, -0.2) is 4.79 Å². The van der Waals surface area contributed by atoms with Crippen LogP contribution in [0, 0.1) is 22.7 Å². The monoisotopic (exact) mass is 698 g/mol. The number of hydrogen-bond acceptors (Lipinski definition) is 10. The molecule has 0 bridgehead atoms. The molecule has 5 amide bonds. The normalized spacial score (nSPS) is 14.0. The van der Waals surface area contributed by atoms with E-state index >= 15 is 0 Å². The number of nitrogens with one attached hydrogen (secondary N) is 8. The Morgan fingerprint density at radius 2 is 1.02 bits per heavy atom. The highest BCUT2D eigenvalue weighted by molar-refractivity contribution is 5.95. The van der Waals surface area contributed by atoms with Gasteiger partial charge >= 0.3 is 5.97 Å². The molecular formula is C30H58N12O7. The Morgan fingerprint density at radius 3 is 1.47 bits per heavy atom. The fourth-order valence-corrected chi connectivity index (χ4v) is 4.66. The van der Waals surface area contributed by atoms with Gasteiger partial charge in [0.2, 0.25) is 29.5 Å². The van der Waals surface area contributed by atoms with Crippen LogP contribution in [-0.4, -0.2) is 97.8 Å². The molecule has 0 unspecified atom stereocenters. The van der Waals surface area contributed by atoms with Crippen molar-refractivity contribution in [3.05, 3.63) is 0 Å². The van der Waals surface area contributed by atoms with Gasteiger partial charge in [0.25, 0.3) is 0 Å². The first kappa shape index (κ1) is 44.3. The summed E-state index contributed by atoms with van der Waals surface area (Å²) in [7, 11) is 1.19. The molecule has 0 aliphatic rings. The van der Waals surface area contributed by atoms with Crippen molar-refractivity contribution in [2.45, 2.75) is 109 Å². The van der Waals surface area contributed by atoms with Gasteiger partial charge in [-0.15, -0.1) is 0 Å². The number of methoxy groups -OCH3 is 1. The van der Waals surface area contributed by atoms with E-state index in [0.717, 1.165) is 0 Å². The van der Waals surface area contributed by atoms with Crippen LogP contribution in [0.25, 0.3) is 0 Å². The van der Waals surface area contributed by atoms with Crippen LogP contribution in [0.1, 0.15) is 79.1 Å². The van der Waals surface area contributed by atoms with Crippen molar-refractivity contribution in [3.8, 4) is 0 Å². The average molecular weight is 699 g/mol. The van der Waals surface area contributed by atoms with Gasteiger partial charge in [0.15, 0.2) is 11.9 Å². The summed E-state index contributed by atoms with van der Waals surface area (Å²) in [4.78, 5) is 77.4. The molecule has 16 N–H and O–H groups in total. The van der Waals surface area contributed by atoms with E-state index in [1.165, 1.54) is 7.11 Å². The van der Waals surface area contributed by atoms with Crippen LogP contribution in [0.4, 0.5) is 0 Å². The molecule has 5 atom stereocenters. The molecule has 0 saturated carbocycles. The Bertz CT molecular complexity index is 1130. The fraction of sp³-hybridized carbons (Fsp3) is 0.733. The summed E-state index contributed by atoms with van der Waals surface area (Å²) in [5.41, 5.74) is 21.9. The number of guanidine groups is 2. The van der Waals surface area contributed by atoms with E-state index in [0.29, 0.717) is 13.0 Å². The number of hydrogen-bond donors (Lipinski definition) is 12. The lowest BCUT2D eigenvalue weighted by atomic mass is 10.0. The quantitative estimate of drug-likeness (QED) is 0.0212. The molecule has 0 aromatic carbocycles. The van der Waals surface area contributed by atoms with E-state index in [-0.39, 0.29) is 75.2 Å². The van der Waals surface area contributed by atoms with Crippen molar-refractivity contribution in [2.75, 3.05) is 20.2 Å². The first-order valence-electron chi connectivity index (χ1n) is 16.4. The molecular weight excluding hydrogens is 640 g/mol. The van der Waals surface area contributed by atoms with Crippen molar-refractivity contribution < 1.29 is 33.5 Å². The molecule has 0 radical (unpaired) electrons. The third kappa shape index (κ3) is 20.3. The SMILES string of the molecule is COC(=O)[C@H](CC(C)C)NC(=O)[C@H](CCCNC(=N)N)NC(=O)[C@H](CCC(N)=O)NC(=O)[C@H](CC(C)C)NC(=O)[C@@H](N)CCCNC(=N)N. The molecule has 0 aliphatic carbocycles. The predicted molar refractivity (Wildman–Crippen MR) is 183 cm³/mol. The Balaban J connectivity index is 6.03. The molecule has 0 aromatic heterocycles. The third-order valence-corrected chi connectivity index (χ3v) is 7.12. The van der Waals surface area contributed by atoms with Gasteiger partial charge < -0.3 is 59.6 Å². The maximum atomic E-state index is 13.6. The zero-order valence-corrected chi connectivity index (χ0v) is 29.3. The standard InChI is InChI=1S/C30H58N12O7/c1-16(2)14-21(41-24(44)18(31)8-6-12-37-29(33)34)27(47)40-20(10-11-23(32)43)26(46)39-19(9-7-13-38-30(35)36)25(45)42-22(15-17(3)4)28(48)49-5/h16-22H,6-15,31H2,1-5H3,(H2,32,43)(H,39,46)(H,40,47)(H,41,44)(H,42,45)(H4,33,34,37)(H4,35,36,38)/t18-,19-,20-,21-,22-/m0/s1. The lowest BCUT2D eigenvalue weighted by Crippen LogP contribution is -2.58. The zero-order valence-electron chi connectivity index (χ0n) is 29.3. The molecule has 0 saturated heterocycles. The van der Waals surface area contributed by atoms with Gasteiger partial charge in [-0.05, 0) is 56.8 Å². The van der Waals surface area contributed by atoms with E-state index in [1.54, 1.807) is 0 Å². The summed E-state index contributed by atoms with van der Waals surface area (Å²) in [6.07, 6.45) is 0.969. The van der Waals surface area contributed by atoms with Gasteiger partial charge in [0, 0.05) is 19.5 Å². The number of nitrogens with two attached hydrogens (primary N) is 4. The topological polar surface area (TPSA) is 336 Å². The van der Waals surface area contributed by atoms with Gasteiger partial charge in [-0.3, -0.25) is 34.8 Å². The number of amides is 5. The first-order chi connectivity index (χ1) is 22.9. The number of carbonyl (C=O) groups excluding carboxylic acids is 6. The van der Waals surface area contributed by atoms with Crippen LogP contribution in [0.15, 0.2) is 0 Å². The minimum atomic E-state index is -1.34. The Hall–Kier alpha value is -4.68. The average Bonchev–Trinajstić information content (AvgIpc) is 3.00. The molecule has 19 nitrogen and oxygen atoms in total. The van der Waals surface area contributed by atoms with Crippen LogP contribution in [0.5, 0.6) is 0 Å². The second-order valence-corrected chi connectivity index (χ2v) is 12.6. The van der Waals surface area contributed by atoms with E-state index in [4.69, 9.17) is 38.5 Å². The molecule has 0 aliphatic heterocycles. The van der Waals surface area contributed by atoms with Crippen LogP contribution < -0.4 is 54.8 Å². The van der Waals surface area contributed by atoms with Crippen LogP contribution in [0.3, 0.4) is 0 Å². The lowest BCUT2D eigenvalue weighted by molar-refractivity contribution is -0.146. The number of esters is 1. The Morgan fingerprint density at radius 1 is 0.612 bits per heavy atom. The van der Waals surface area contributed by atoms with Crippen molar-refractivity contribution in [2.24, 2.45) is 34.8 Å². The van der Waals surface area contributed by atoms with E-state index in [1.807, 2.05) is 27.7 Å². The molecule has 280 valence electrons. The van der Waals surface area contributed by atoms with Crippen molar-refractivity contribution >= 4 is 47.4 Å². The highest BCUT2D eigenvalue weighted by Crippen LogP contribution is 2.10. The largest absolute Gasteiger partial charge is 0.467 e. The zero-order chi connectivity index (χ0) is 37.7.